The van der Waals surface area contributed by atoms with E-state index in [9.17, 15) is 4.79 Å². The normalized spacial score (nSPS) is 21.9. The molecule has 4 nitrogen and oxygen atoms in total. The van der Waals surface area contributed by atoms with Gasteiger partial charge in [-0.15, -0.1) is 0 Å². The molecule has 1 aliphatic rings. The maximum atomic E-state index is 11.7. The van der Waals surface area contributed by atoms with Gasteiger partial charge in [-0.3, -0.25) is 0 Å². The summed E-state index contributed by atoms with van der Waals surface area (Å²) in [6.45, 7) is 6.58. The van der Waals surface area contributed by atoms with Crippen molar-refractivity contribution in [3.63, 3.8) is 0 Å². The average Bonchev–Trinajstić information content (AvgIpc) is 2.21. The van der Waals surface area contributed by atoms with Crippen molar-refractivity contribution in [1.29, 1.82) is 0 Å². The van der Waals surface area contributed by atoms with Crippen LogP contribution in [0.3, 0.4) is 0 Å². The van der Waals surface area contributed by atoms with Crippen LogP contribution in [0, 0.1) is 5.41 Å². The topological polar surface area (TPSA) is 61.4 Å². The van der Waals surface area contributed by atoms with Crippen LogP contribution in [-0.4, -0.2) is 29.8 Å². The zero-order valence-electron chi connectivity index (χ0n) is 11.3. The van der Waals surface area contributed by atoms with Crippen LogP contribution < -0.4 is 10.6 Å². The fourth-order valence-corrected chi connectivity index (χ4v) is 2.26. The van der Waals surface area contributed by atoms with E-state index in [-0.39, 0.29) is 18.7 Å². The molecule has 0 heterocycles. The van der Waals surface area contributed by atoms with Gasteiger partial charge < -0.3 is 15.7 Å². The molecule has 0 bridgehead atoms. The van der Waals surface area contributed by atoms with Gasteiger partial charge >= 0.3 is 6.03 Å². The van der Waals surface area contributed by atoms with Crippen LogP contribution in [0.2, 0.25) is 0 Å². The Bertz CT molecular complexity index is 244. The van der Waals surface area contributed by atoms with Gasteiger partial charge in [0.15, 0.2) is 0 Å². The first-order chi connectivity index (χ1) is 7.93. The zero-order valence-corrected chi connectivity index (χ0v) is 11.3. The third-order valence-electron chi connectivity index (χ3n) is 3.61. The molecule has 0 saturated heterocycles. The van der Waals surface area contributed by atoms with Crippen LogP contribution in [0.25, 0.3) is 0 Å². The molecule has 0 radical (unpaired) electrons. The minimum absolute atomic E-state index is 0.0278. The molecule has 2 amide bonds. The summed E-state index contributed by atoms with van der Waals surface area (Å²) in [5, 5.41) is 14.6. The maximum absolute atomic E-state index is 11.7. The lowest BCUT2D eigenvalue weighted by Gasteiger charge is -2.34. The summed E-state index contributed by atoms with van der Waals surface area (Å²) in [6, 6.07) is 0.236. The Morgan fingerprint density at radius 1 is 1.41 bits per heavy atom. The van der Waals surface area contributed by atoms with E-state index >= 15 is 0 Å². The minimum atomic E-state index is -0.101. The molecule has 0 unspecified atom stereocenters. The third-order valence-corrected chi connectivity index (χ3v) is 3.61. The van der Waals surface area contributed by atoms with Gasteiger partial charge in [-0.2, -0.15) is 0 Å². The van der Waals surface area contributed by atoms with Crippen LogP contribution in [0.1, 0.15) is 52.9 Å². The summed E-state index contributed by atoms with van der Waals surface area (Å²) in [4.78, 5) is 11.7. The highest BCUT2D eigenvalue weighted by Gasteiger charge is 2.27. The van der Waals surface area contributed by atoms with E-state index in [1.165, 1.54) is 12.8 Å². The van der Waals surface area contributed by atoms with E-state index < -0.39 is 0 Å². The molecule has 0 aromatic rings. The fourth-order valence-electron chi connectivity index (χ4n) is 2.26. The molecule has 0 aliphatic heterocycles. The molecule has 1 aliphatic carbocycles. The van der Waals surface area contributed by atoms with E-state index in [0.29, 0.717) is 17.9 Å². The molecule has 100 valence electrons. The van der Waals surface area contributed by atoms with E-state index in [1.807, 2.05) is 6.92 Å². The fraction of sp³-hybridized carbons (Fsp3) is 0.923. The van der Waals surface area contributed by atoms with Crippen molar-refractivity contribution in [3.8, 4) is 0 Å². The van der Waals surface area contributed by atoms with Crippen molar-refractivity contribution < 1.29 is 9.90 Å². The first-order valence-electron chi connectivity index (χ1n) is 6.61. The second-order valence-corrected chi connectivity index (χ2v) is 5.97. The monoisotopic (exact) mass is 242 g/mol. The van der Waals surface area contributed by atoms with Gasteiger partial charge in [0.05, 0.1) is 0 Å². The summed E-state index contributed by atoms with van der Waals surface area (Å²) in [5.74, 6) is 0. The first kappa shape index (κ1) is 14.3. The Kier molecular flexibility index (Phi) is 5.25. The van der Waals surface area contributed by atoms with Crippen LogP contribution in [0.5, 0.6) is 0 Å². The number of aliphatic hydroxyl groups excluding tert-OH is 1. The van der Waals surface area contributed by atoms with E-state index in [0.717, 1.165) is 12.8 Å². The van der Waals surface area contributed by atoms with Crippen LogP contribution in [-0.2, 0) is 0 Å². The second-order valence-electron chi connectivity index (χ2n) is 5.97. The number of amides is 2. The van der Waals surface area contributed by atoms with Crippen molar-refractivity contribution >= 4 is 6.03 Å². The number of hydrogen-bond donors (Lipinski definition) is 3. The first-order valence-corrected chi connectivity index (χ1v) is 6.61. The molecule has 3 N–H and O–H groups in total. The molecular formula is C13H26N2O2. The van der Waals surface area contributed by atoms with Crippen LogP contribution >= 0.6 is 0 Å². The molecule has 1 atom stereocenters. The highest BCUT2D eigenvalue weighted by molar-refractivity contribution is 5.74. The summed E-state index contributed by atoms with van der Waals surface area (Å²) >= 11 is 0. The average molecular weight is 242 g/mol. The van der Waals surface area contributed by atoms with Crippen molar-refractivity contribution in [1.82, 2.24) is 10.6 Å². The third kappa shape index (κ3) is 5.39. The number of hydrogen-bond acceptors (Lipinski definition) is 2. The van der Waals surface area contributed by atoms with Gasteiger partial charge in [-0.25, -0.2) is 4.79 Å². The Labute approximate surface area is 104 Å². The van der Waals surface area contributed by atoms with E-state index in [1.54, 1.807) is 0 Å². The number of carbonyl (C=O) groups excluding carboxylic acids is 1. The molecular weight excluding hydrogens is 216 g/mol. The van der Waals surface area contributed by atoms with Gasteiger partial charge in [0.1, 0.15) is 0 Å². The molecule has 1 saturated carbocycles. The van der Waals surface area contributed by atoms with Crippen molar-refractivity contribution in [2.24, 2.45) is 5.41 Å². The summed E-state index contributed by atoms with van der Waals surface area (Å²) in [6.07, 6.45) is 5.07. The lowest BCUT2D eigenvalue weighted by atomic mass is 9.76. The van der Waals surface area contributed by atoms with E-state index in [2.05, 4.69) is 24.5 Å². The Morgan fingerprint density at radius 2 is 2.00 bits per heavy atom. The standard InChI is InChI=1S/C13H26N2O2/c1-10(6-9-16)14-12(17)15-11-4-7-13(2,3)8-5-11/h10-11,16H,4-9H2,1-3H3,(H2,14,15,17)/t10-/m1/s1. The Hall–Kier alpha value is -0.770. The predicted molar refractivity (Wildman–Crippen MR) is 68.9 cm³/mol. The van der Waals surface area contributed by atoms with E-state index in [4.69, 9.17) is 5.11 Å². The zero-order chi connectivity index (χ0) is 12.9. The molecule has 4 heteroatoms. The molecule has 1 fully saturated rings. The lowest BCUT2D eigenvalue weighted by molar-refractivity contribution is 0.195. The van der Waals surface area contributed by atoms with Gasteiger partial charge in [0, 0.05) is 18.7 Å². The number of carbonyl (C=O) groups is 1. The van der Waals surface area contributed by atoms with Crippen LogP contribution in [0.15, 0.2) is 0 Å². The number of rotatable bonds is 4. The van der Waals surface area contributed by atoms with Crippen molar-refractivity contribution in [3.05, 3.63) is 0 Å². The SMILES string of the molecule is C[C@H](CCO)NC(=O)NC1CCC(C)(C)CC1. The predicted octanol–water partition coefficient (Wildman–Crippen LogP) is 2.03. The van der Waals surface area contributed by atoms with Gasteiger partial charge in [-0.1, -0.05) is 13.8 Å². The van der Waals surface area contributed by atoms with Crippen molar-refractivity contribution in [2.75, 3.05) is 6.61 Å². The van der Waals surface area contributed by atoms with Crippen molar-refractivity contribution in [2.45, 2.75) is 65.0 Å². The summed E-state index contributed by atoms with van der Waals surface area (Å²) in [5.41, 5.74) is 0.429. The van der Waals surface area contributed by atoms with Gasteiger partial charge in [0.2, 0.25) is 0 Å². The Morgan fingerprint density at radius 3 is 2.53 bits per heavy atom. The largest absolute Gasteiger partial charge is 0.396 e. The summed E-state index contributed by atoms with van der Waals surface area (Å²) in [7, 11) is 0. The highest BCUT2D eigenvalue weighted by atomic mass is 16.3. The summed E-state index contributed by atoms with van der Waals surface area (Å²) < 4.78 is 0. The highest BCUT2D eigenvalue weighted by Crippen LogP contribution is 2.34. The lowest BCUT2D eigenvalue weighted by Crippen LogP contribution is -2.47. The molecule has 1 rings (SSSR count). The second kappa shape index (κ2) is 6.24. The minimum Gasteiger partial charge on any atom is -0.396 e. The quantitative estimate of drug-likeness (QED) is 0.706. The van der Waals surface area contributed by atoms with Gasteiger partial charge in [-0.05, 0) is 44.4 Å². The smallest absolute Gasteiger partial charge is 0.315 e. The molecule has 17 heavy (non-hydrogen) atoms. The molecule has 0 aromatic heterocycles. The number of urea groups is 1. The molecule has 0 spiro atoms. The number of nitrogens with one attached hydrogen (secondary N) is 2. The number of aliphatic hydroxyl groups is 1. The Balaban J connectivity index is 2.23. The molecule has 0 aromatic carbocycles. The van der Waals surface area contributed by atoms with Gasteiger partial charge in [0.25, 0.3) is 0 Å². The van der Waals surface area contributed by atoms with Crippen LogP contribution in [0.4, 0.5) is 4.79 Å². The maximum Gasteiger partial charge on any atom is 0.315 e.